The lowest BCUT2D eigenvalue weighted by Crippen LogP contribution is -2.27. The van der Waals surface area contributed by atoms with Crippen LogP contribution in [0.2, 0.25) is 0 Å². The Morgan fingerprint density at radius 2 is 1.95 bits per heavy atom. The molecule has 1 amide bonds. The molecular weight excluding hydrogens is 294 g/mol. The number of fused-ring (bicyclic) bond motifs is 1. The molecule has 1 aromatic heterocycles. The van der Waals surface area contributed by atoms with E-state index in [0.717, 1.165) is 4.70 Å². The number of hydrogen-bond acceptors (Lipinski definition) is 5. The fraction of sp³-hybridized carbons (Fsp3) is 0.214. The first kappa shape index (κ1) is 15.0. The first-order valence-corrected chi connectivity index (χ1v) is 6.91. The van der Waals surface area contributed by atoms with Crippen molar-refractivity contribution in [3.05, 3.63) is 29.1 Å². The van der Waals surface area contributed by atoms with Gasteiger partial charge in [-0.25, -0.2) is 4.79 Å². The van der Waals surface area contributed by atoms with Crippen LogP contribution in [0.3, 0.4) is 0 Å². The lowest BCUT2D eigenvalue weighted by Gasteiger charge is -2.09. The zero-order valence-electron chi connectivity index (χ0n) is 11.4. The molecular formula is C14H13NO5S. The van der Waals surface area contributed by atoms with E-state index in [1.165, 1.54) is 25.4 Å². The molecule has 1 aromatic carbocycles. The summed E-state index contributed by atoms with van der Waals surface area (Å²) in [5.74, 6) is -3.70. The highest BCUT2D eigenvalue weighted by Gasteiger charge is 2.25. The molecule has 2 aromatic rings. The number of carbonyl (C=O) groups excluding carboxylic acids is 2. The number of aliphatic carboxylic acids is 1. The van der Waals surface area contributed by atoms with Crippen LogP contribution in [0.15, 0.2) is 24.3 Å². The number of anilines is 1. The molecule has 0 spiro atoms. The van der Waals surface area contributed by atoms with E-state index >= 15 is 0 Å². The molecule has 0 fully saturated rings. The Kier molecular flexibility index (Phi) is 4.23. The largest absolute Gasteiger partial charge is 0.481 e. The van der Waals surface area contributed by atoms with E-state index in [-0.39, 0.29) is 4.88 Å². The smallest absolute Gasteiger partial charge is 0.350 e. The van der Waals surface area contributed by atoms with E-state index in [0.29, 0.717) is 11.1 Å². The Balaban J connectivity index is 2.48. The summed E-state index contributed by atoms with van der Waals surface area (Å²) >= 11 is 1.18. The third-order valence-corrected chi connectivity index (χ3v) is 4.13. The molecule has 0 bridgehead atoms. The Bertz CT molecular complexity index is 721. The first-order valence-electron chi connectivity index (χ1n) is 6.09. The van der Waals surface area contributed by atoms with E-state index in [4.69, 9.17) is 9.84 Å². The topological polar surface area (TPSA) is 92.7 Å². The van der Waals surface area contributed by atoms with Crippen LogP contribution in [-0.4, -0.2) is 30.1 Å². The number of methoxy groups -OCH3 is 1. The summed E-state index contributed by atoms with van der Waals surface area (Å²) in [6.07, 6.45) is 0. The molecule has 7 heteroatoms. The van der Waals surface area contributed by atoms with E-state index in [9.17, 15) is 14.4 Å². The van der Waals surface area contributed by atoms with E-state index in [1.54, 1.807) is 12.1 Å². The average molecular weight is 307 g/mol. The van der Waals surface area contributed by atoms with Gasteiger partial charge in [-0.05, 0) is 13.0 Å². The minimum absolute atomic E-state index is 0.240. The van der Waals surface area contributed by atoms with Crippen LogP contribution in [0.4, 0.5) is 5.69 Å². The van der Waals surface area contributed by atoms with Crippen molar-refractivity contribution in [1.29, 1.82) is 0 Å². The molecule has 2 rings (SSSR count). The van der Waals surface area contributed by atoms with Gasteiger partial charge < -0.3 is 15.2 Å². The average Bonchev–Trinajstić information content (AvgIpc) is 2.84. The van der Waals surface area contributed by atoms with Crippen LogP contribution in [0.1, 0.15) is 16.6 Å². The van der Waals surface area contributed by atoms with Crippen LogP contribution in [0, 0.1) is 5.92 Å². The van der Waals surface area contributed by atoms with Gasteiger partial charge in [-0.2, -0.15) is 0 Å². The van der Waals surface area contributed by atoms with E-state index in [1.807, 2.05) is 12.1 Å². The Labute approximate surface area is 124 Å². The van der Waals surface area contributed by atoms with Gasteiger partial charge in [0.1, 0.15) is 10.8 Å². The number of hydrogen-bond donors (Lipinski definition) is 2. The van der Waals surface area contributed by atoms with Crippen LogP contribution >= 0.6 is 11.3 Å². The van der Waals surface area contributed by atoms with Gasteiger partial charge in [0.25, 0.3) is 0 Å². The summed E-state index contributed by atoms with van der Waals surface area (Å²) in [6.45, 7) is 1.28. The Morgan fingerprint density at radius 1 is 1.29 bits per heavy atom. The van der Waals surface area contributed by atoms with Crippen molar-refractivity contribution in [3.8, 4) is 0 Å². The molecule has 1 atom stereocenters. The summed E-state index contributed by atoms with van der Waals surface area (Å²) in [7, 11) is 1.25. The number of carboxylic acid groups (broad SMARTS) is 1. The van der Waals surface area contributed by atoms with Gasteiger partial charge in [-0.3, -0.25) is 9.59 Å². The maximum absolute atomic E-state index is 11.9. The van der Waals surface area contributed by atoms with Crippen LogP contribution < -0.4 is 5.32 Å². The minimum Gasteiger partial charge on any atom is -0.481 e. The number of rotatable bonds is 4. The zero-order chi connectivity index (χ0) is 15.6. The van der Waals surface area contributed by atoms with Crippen LogP contribution in [-0.2, 0) is 14.3 Å². The number of carbonyl (C=O) groups is 3. The SMILES string of the molecule is COC(=O)c1sc2ccccc2c1NC(=O)C(C)C(=O)O. The third kappa shape index (κ3) is 2.87. The highest BCUT2D eigenvalue weighted by molar-refractivity contribution is 7.21. The normalized spacial score (nSPS) is 11.9. The second kappa shape index (κ2) is 5.92. The number of carboxylic acids is 1. The highest BCUT2D eigenvalue weighted by Crippen LogP contribution is 2.36. The molecule has 1 heterocycles. The summed E-state index contributed by atoms with van der Waals surface area (Å²) in [5.41, 5.74) is 0.292. The number of benzene rings is 1. The van der Waals surface area contributed by atoms with Gasteiger partial charge in [0.2, 0.25) is 5.91 Å². The summed E-state index contributed by atoms with van der Waals surface area (Å²) in [5, 5.41) is 12.1. The molecule has 6 nitrogen and oxygen atoms in total. The molecule has 21 heavy (non-hydrogen) atoms. The number of thiophene rings is 1. The van der Waals surface area contributed by atoms with Gasteiger partial charge in [0.15, 0.2) is 0 Å². The monoisotopic (exact) mass is 307 g/mol. The summed E-state index contributed by atoms with van der Waals surface area (Å²) in [4.78, 5) is 34.8. The molecule has 0 saturated carbocycles. The molecule has 0 saturated heterocycles. The molecule has 0 aliphatic heterocycles. The molecule has 0 aliphatic carbocycles. The fourth-order valence-electron chi connectivity index (χ4n) is 1.75. The van der Waals surface area contributed by atoms with Crippen molar-refractivity contribution >= 4 is 45.0 Å². The van der Waals surface area contributed by atoms with Crippen molar-refractivity contribution in [3.63, 3.8) is 0 Å². The molecule has 110 valence electrons. The third-order valence-electron chi connectivity index (χ3n) is 2.98. The summed E-state index contributed by atoms with van der Waals surface area (Å²) in [6, 6.07) is 7.14. The second-order valence-corrected chi connectivity index (χ2v) is 5.40. The zero-order valence-corrected chi connectivity index (χ0v) is 12.2. The fourth-order valence-corrected chi connectivity index (χ4v) is 2.83. The van der Waals surface area contributed by atoms with Gasteiger partial charge in [-0.1, -0.05) is 18.2 Å². The van der Waals surface area contributed by atoms with Crippen molar-refractivity contribution in [2.45, 2.75) is 6.92 Å². The van der Waals surface area contributed by atoms with Gasteiger partial charge >= 0.3 is 11.9 Å². The lowest BCUT2D eigenvalue weighted by molar-refractivity contribution is -0.144. The molecule has 1 unspecified atom stereocenters. The number of ether oxygens (including phenoxy) is 1. The van der Waals surface area contributed by atoms with Crippen molar-refractivity contribution in [2.75, 3.05) is 12.4 Å². The molecule has 2 N–H and O–H groups in total. The standard InChI is InChI=1S/C14H13NO5S/c1-7(13(17)18)12(16)15-10-8-5-3-4-6-9(8)21-11(10)14(19)20-2/h3-7H,1-2H3,(H,15,16)(H,17,18). The van der Waals surface area contributed by atoms with Crippen molar-refractivity contribution in [1.82, 2.24) is 0 Å². The first-order chi connectivity index (χ1) is 9.95. The Morgan fingerprint density at radius 3 is 2.57 bits per heavy atom. The quantitative estimate of drug-likeness (QED) is 0.668. The van der Waals surface area contributed by atoms with Crippen molar-refractivity contribution < 1.29 is 24.2 Å². The van der Waals surface area contributed by atoms with E-state index in [2.05, 4.69) is 5.32 Å². The van der Waals surface area contributed by atoms with Crippen molar-refractivity contribution in [2.24, 2.45) is 5.92 Å². The van der Waals surface area contributed by atoms with Gasteiger partial charge in [0, 0.05) is 10.1 Å². The maximum atomic E-state index is 11.9. The second-order valence-electron chi connectivity index (χ2n) is 4.34. The maximum Gasteiger partial charge on any atom is 0.350 e. The summed E-state index contributed by atoms with van der Waals surface area (Å²) < 4.78 is 5.50. The van der Waals surface area contributed by atoms with Crippen LogP contribution in [0.25, 0.3) is 10.1 Å². The highest BCUT2D eigenvalue weighted by atomic mass is 32.1. The predicted molar refractivity (Wildman–Crippen MR) is 78.6 cm³/mol. The van der Waals surface area contributed by atoms with Gasteiger partial charge in [0.05, 0.1) is 12.8 Å². The Hall–Kier alpha value is -2.41. The number of nitrogens with one attached hydrogen (secondary N) is 1. The van der Waals surface area contributed by atoms with E-state index < -0.39 is 23.8 Å². The number of amides is 1. The molecule has 0 aliphatic rings. The minimum atomic E-state index is -1.23. The lowest BCUT2D eigenvalue weighted by atomic mass is 10.1. The molecule has 0 radical (unpaired) electrons. The number of esters is 1. The predicted octanol–water partition coefficient (Wildman–Crippen LogP) is 2.35. The van der Waals surface area contributed by atoms with Gasteiger partial charge in [-0.15, -0.1) is 11.3 Å². The van der Waals surface area contributed by atoms with Crippen LogP contribution in [0.5, 0.6) is 0 Å².